The molecule has 0 aliphatic carbocycles. The van der Waals surface area contributed by atoms with E-state index in [2.05, 4.69) is 17.2 Å². The number of anilines is 2. The molecule has 1 N–H and O–H groups in total. The van der Waals surface area contributed by atoms with Gasteiger partial charge >= 0.3 is 0 Å². The highest BCUT2D eigenvalue weighted by Crippen LogP contribution is 2.32. The highest BCUT2D eigenvalue weighted by atomic mass is 16.5. The lowest BCUT2D eigenvalue weighted by atomic mass is 10.1. The average Bonchev–Trinajstić information content (AvgIpc) is 2.84. The van der Waals surface area contributed by atoms with Crippen LogP contribution in [0.2, 0.25) is 0 Å². The van der Waals surface area contributed by atoms with E-state index in [-0.39, 0.29) is 31.5 Å². The fraction of sp³-hybridized carbons (Fsp3) is 0.500. The smallest absolute Gasteiger partial charge is 0.219 e. The maximum Gasteiger partial charge on any atom is 0.219 e. The molecule has 1 fully saturated rings. The van der Waals surface area contributed by atoms with E-state index in [1.807, 2.05) is 25.1 Å². The SMILES string of the molecule is CNC(=O)CCC(C=O)N(C=O)c1cccc(C#CCOC2CCN(C=O)CC2)c1N(C)C. The first-order valence-electron chi connectivity index (χ1n) is 10.9. The summed E-state index contributed by atoms with van der Waals surface area (Å²) in [5.74, 6) is 5.95. The number of rotatable bonds is 11. The normalized spacial score (nSPS) is 14.5. The molecule has 1 aromatic carbocycles. The summed E-state index contributed by atoms with van der Waals surface area (Å²) in [5.41, 5.74) is 1.93. The van der Waals surface area contributed by atoms with Gasteiger partial charge in [0.2, 0.25) is 18.7 Å². The Hall–Kier alpha value is -3.38. The lowest BCUT2D eigenvalue weighted by molar-refractivity contribution is -0.121. The predicted molar refractivity (Wildman–Crippen MR) is 126 cm³/mol. The molecule has 1 aliphatic heterocycles. The van der Waals surface area contributed by atoms with E-state index in [1.165, 1.54) is 11.9 Å². The third-order valence-electron chi connectivity index (χ3n) is 5.55. The predicted octanol–water partition coefficient (Wildman–Crippen LogP) is 0.798. The van der Waals surface area contributed by atoms with Gasteiger partial charge in [-0.2, -0.15) is 0 Å². The van der Waals surface area contributed by atoms with Gasteiger partial charge in [0.15, 0.2) is 0 Å². The molecule has 9 nitrogen and oxygen atoms in total. The zero-order valence-electron chi connectivity index (χ0n) is 19.5. The summed E-state index contributed by atoms with van der Waals surface area (Å²) in [6, 6.07) is 4.60. The second-order valence-corrected chi connectivity index (χ2v) is 7.95. The van der Waals surface area contributed by atoms with Crippen molar-refractivity contribution in [3.05, 3.63) is 23.8 Å². The Kier molecular flexibility index (Phi) is 10.4. The summed E-state index contributed by atoms with van der Waals surface area (Å²) in [4.78, 5) is 51.0. The molecule has 9 heteroatoms. The standard InChI is InChI=1S/C24H32N4O5/c1-25-23(32)10-9-20(16-29)28(18-31)22-8-4-6-19(24(22)26(2)3)7-5-15-33-21-11-13-27(17-30)14-12-21/h4,6,8,16-18,20-21H,9-15H2,1-3H3,(H,25,32). The van der Waals surface area contributed by atoms with E-state index in [9.17, 15) is 19.2 Å². The Bertz CT molecular complexity index is 885. The van der Waals surface area contributed by atoms with Crippen LogP contribution >= 0.6 is 0 Å². The van der Waals surface area contributed by atoms with Crippen LogP contribution < -0.4 is 15.1 Å². The van der Waals surface area contributed by atoms with Crippen LogP contribution in [0.25, 0.3) is 0 Å². The third kappa shape index (κ3) is 7.32. The number of likely N-dealkylation sites (tertiary alicyclic amines) is 1. The van der Waals surface area contributed by atoms with Crippen molar-refractivity contribution in [2.24, 2.45) is 0 Å². The highest BCUT2D eigenvalue weighted by Gasteiger charge is 2.23. The van der Waals surface area contributed by atoms with Crippen molar-refractivity contribution in [3.63, 3.8) is 0 Å². The Morgan fingerprint density at radius 2 is 2.00 bits per heavy atom. The number of hydrogen-bond donors (Lipinski definition) is 1. The largest absolute Gasteiger partial charge is 0.375 e. The summed E-state index contributed by atoms with van der Waals surface area (Å²) in [7, 11) is 5.20. The molecule has 2 rings (SSSR count). The molecule has 0 spiro atoms. The van der Waals surface area contributed by atoms with Gasteiger partial charge < -0.3 is 29.5 Å². The van der Waals surface area contributed by atoms with Gasteiger partial charge in [0.05, 0.1) is 29.1 Å². The molecule has 178 valence electrons. The van der Waals surface area contributed by atoms with E-state index in [0.717, 1.165) is 19.3 Å². The minimum atomic E-state index is -0.776. The van der Waals surface area contributed by atoms with E-state index < -0.39 is 6.04 Å². The lowest BCUT2D eigenvalue weighted by Crippen LogP contribution is -2.37. The van der Waals surface area contributed by atoms with Crippen LogP contribution in [0, 0.1) is 11.8 Å². The molecule has 1 atom stereocenters. The van der Waals surface area contributed by atoms with Crippen LogP contribution in [0.15, 0.2) is 18.2 Å². The van der Waals surface area contributed by atoms with Crippen molar-refractivity contribution in [2.45, 2.75) is 37.8 Å². The molecule has 0 radical (unpaired) electrons. The van der Waals surface area contributed by atoms with E-state index in [1.54, 1.807) is 17.0 Å². The van der Waals surface area contributed by atoms with Crippen LogP contribution in [-0.2, 0) is 23.9 Å². The van der Waals surface area contributed by atoms with Crippen LogP contribution in [0.1, 0.15) is 31.2 Å². The monoisotopic (exact) mass is 456 g/mol. The Morgan fingerprint density at radius 1 is 1.27 bits per heavy atom. The number of piperidine rings is 1. The third-order valence-corrected chi connectivity index (χ3v) is 5.55. The van der Waals surface area contributed by atoms with Crippen LogP contribution in [-0.4, -0.2) is 82.9 Å². The zero-order valence-corrected chi connectivity index (χ0v) is 19.5. The minimum Gasteiger partial charge on any atom is -0.375 e. The number of nitrogens with zero attached hydrogens (tertiary/aromatic N) is 3. The quantitative estimate of drug-likeness (QED) is 0.391. The second-order valence-electron chi connectivity index (χ2n) is 7.95. The van der Waals surface area contributed by atoms with Gasteiger partial charge in [0, 0.05) is 40.7 Å². The molecular formula is C24H32N4O5. The molecule has 0 bridgehead atoms. The molecule has 0 aromatic heterocycles. The number of benzene rings is 1. The van der Waals surface area contributed by atoms with Gasteiger partial charge in [0.25, 0.3) is 0 Å². The number of ether oxygens (including phenoxy) is 1. The van der Waals surface area contributed by atoms with Gasteiger partial charge in [-0.1, -0.05) is 17.9 Å². The maximum absolute atomic E-state index is 12.0. The van der Waals surface area contributed by atoms with Crippen LogP contribution in [0.5, 0.6) is 0 Å². The minimum absolute atomic E-state index is 0.0781. The molecule has 1 saturated heterocycles. The number of carbonyl (C=O) groups is 4. The number of amides is 3. The summed E-state index contributed by atoms with van der Waals surface area (Å²) in [6.07, 6.45) is 4.14. The molecule has 1 heterocycles. The van der Waals surface area contributed by atoms with Crippen LogP contribution in [0.3, 0.4) is 0 Å². The average molecular weight is 457 g/mol. The van der Waals surface area contributed by atoms with Crippen molar-refractivity contribution in [1.29, 1.82) is 0 Å². The van der Waals surface area contributed by atoms with E-state index >= 15 is 0 Å². The Labute approximate surface area is 195 Å². The summed E-state index contributed by atoms with van der Waals surface area (Å²) in [6.45, 7) is 1.63. The highest BCUT2D eigenvalue weighted by molar-refractivity contribution is 5.91. The molecule has 33 heavy (non-hydrogen) atoms. The van der Waals surface area contributed by atoms with Crippen molar-refractivity contribution in [3.8, 4) is 11.8 Å². The lowest BCUT2D eigenvalue weighted by Gasteiger charge is -2.29. The van der Waals surface area contributed by atoms with Gasteiger partial charge in [-0.05, 0) is 31.4 Å². The molecule has 0 saturated carbocycles. The second kappa shape index (κ2) is 13.2. The first-order valence-corrected chi connectivity index (χ1v) is 10.9. The molecule has 1 aliphatic rings. The Balaban J connectivity index is 2.17. The van der Waals surface area contributed by atoms with Gasteiger partial charge in [-0.15, -0.1) is 0 Å². The fourth-order valence-electron chi connectivity index (χ4n) is 3.74. The maximum atomic E-state index is 12.0. The summed E-state index contributed by atoms with van der Waals surface area (Å²) >= 11 is 0. The molecule has 1 unspecified atom stereocenters. The Morgan fingerprint density at radius 3 is 2.58 bits per heavy atom. The fourth-order valence-corrected chi connectivity index (χ4v) is 3.74. The number of para-hydroxylation sites is 1. The molecular weight excluding hydrogens is 424 g/mol. The summed E-state index contributed by atoms with van der Waals surface area (Å²) < 4.78 is 5.84. The van der Waals surface area contributed by atoms with Crippen LogP contribution in [0.4, 0.5) is 11.4 Å². The first kappa shape index (κ1) is 25.9. The number of nitrogens with one attached hydrogen (secondary N) is 1. The van der Waals surface area contributed by atoms with Gasteiger partial charge in [-0.3, -0.25) is 14.4 Å². The van der Waals surface area contributed by atoms with Crippen molar-refractivity contribution in [1.82, 2.24) is 10.2 Å². The number of carbonyl (C=O) groups excluding carboxylic acids is 4. The van der Waals surface area contributed by atoms with E-state index in [4.69, 9.17) is 4.74 Å². The van der Waals surface area contributed by atoms with E-state index in [0.29, 0.717) is 42.7 Å². The number of hydrogen-bond acceptors (Lipinski definition) is 6. The van der Waals surface area contributed by atoms with Crippen molar-refractivity contribution >= 4 is 36.4 Å². The zero-order chi connectivity index (χ0) is 24.2. The topological polar surface area (TPSA) is 99.3 Å². The first-order chi connectivity index (χ1) is 15.9. The van der Waals surface area contributed by atoms with Gasteiger partial charge in [0.1, 0.15) is 12.9 Å². The molecule has 3 amide bonds. The molecule has 1 aromatic rings. The van der Waals surface area contributed by atoms with Crippen molar-refractivity contribution in [2.75, 3.05) is 50.6 Å². The number of aldehydes is 1. The summed E-state index contributed by atoms with van der Waals surface area (Å²) in [5, 5.41) is 2.52. The van der Waals surface area contributed by atoms with Crippen molar-refractivity contribution < 1.29 is 23.9 Å². The van der Waals surface area contributed by atoms with Gasteiger partial charge in [-0.25, -0.2) is 0 Å².